The van der Waals surface area contributed by atoms with Crippen LogP contribution in [0.25, 0.3) is 0 Å². The van der Waals surface area contributed by atoms with Crippen molar-refractivity contribution in [3.8, 4) is 0 Å². The summed E-state index contributed by atoms with van der Waals surface area (Å²) >= 11 is 0. The predicted molar refractivity (Wildman–Crippen MR) is 36.0 cm³/mol. The molecule has 1 nitrogen and oxygen atoms in total. The minimum absolute atomic E-state index is 0.0319. The van der Waals surface area contributed by atoms with Crippen LogP contribution in [0.2, 0.25) is 0 Å². The lowest BCUT2D eigenvalue weighted by molar-refractivity contribution is 0.162. The van der Waals surface area contributed by atoms with Gasteiger partial charge in [0.1, 0.15) is 0 Å². The molecule has 0 aromatic rings. The summed E-state index contributed by atoms with van der Waals surface area (Å²) in [7, 11) is 0. The summed E-state index contributed by atoms with van der Waals surface area (Å²) in [6.45, 7) is 1.92. The maximum atomic E-state index is 9.14. The maximum Gasteiger partial charge on any atom is 0.0543 e. The van der Waals surface area contributed by atoms with Gasteiger partial charge in [0, 0.05) is 0 Å². The van der Waals surface area contributed by atoms with E-state index in [2.05, 4.69) is 0 Å². The van der Waals surface area contributed by atoms with Crippen LogP contribution in [0.1, 0.15) is 26.2 Å². The van der Waals surface area contributed by atoms with Gasteiger partial charge in [-0.25, -0.2) is 0 Å². The Labute approximate surface area is 56.1 Å². The van der Waals surface area contributed by atoms with Crippen molar-refractivity contribution >= 4 is 0 Å². The highest BCUT2D eigenvalue weighted by atomic mass is 16.3. The SMILES string of the molecule is CC(O)C1CC1C1CC1. The summed E-state index contributed by atoms with van der Waals surface area (Å²) in [4.78, 5) is 0. The Morgan fingerprint density at radius 1 is 1.44 bits per heavy atom. The Hall–Kier alpha value is -0.0400. The fourth-order valence-corrected chi connectivity index (χ4v) is 1.86. The first kappa shape index (κ1) is 5.72. The third-order valence-corrected chi connectivity index (χ3v) is 2.74. The molecule has 9 heavy (non-hydrogen) atoms. The number of aliphatic hydroxyl groups excluding tert-OH is 1. The zero-order valence-corrected chi connectivity index (χ0v) is 5.88. The molecule has 2 aliphatic rings. The van der Waals surface area contributed by atoms with Crippen molar-refractivity contribution in [2.75, 3.05) is 0 Å². The topological polar surface area (TPSA) is 20.2 Å². The van der Waals surface area contributed by atoms with Gasteiger partial charge < -0.3 is 5.11 Å². The first-order valence-corrected chi connectivity index (χ1v) is 3.97. The van der Waals surface area contributed by atoms with Gasteiger partial charge in [-0.1, -0.05) is 0 Å². The second-order valence-electron chi connectivity index (χ2n) is 3.64. The van der Waals surface area contributed by atoms with Crippen LogP contribution in [0.3, 0.4) is 0 Å². The maximum absolute atomic E-state index is 9.14. The smallest absolute Gasteiger partial charge is 0.0543 e. The lowest BCUT2D eigenvalue weighted by Crippen LogP contribution is -2.04. The normalized spacial score (nSPS) is 44.7. The molecule has 1 heteroatoms. The van der Waals surface area contributed by atoms with E-state index in [1.807, 2.05) is 6.92 Å². The minimum Gasteiger partial charge on any atom is -0.393 e. The molecule has 0 aliphatic heterocycles. The van der Waals surface area contributed by atoms with Gasteiger partial charge in [0.25, 0.3) is 0 Å². The molecular weight excluding hydrogens is 112 g/mol. The molecule has 2 rings (SSSR count). The third kappa shape index (κ3) is 0.983. The van der Waals surface area contributed by atoms with E-state index in [9.17, 15) is 0 Å². The quantitative estimate of drug-likeness (QED) is 0.593. The predicted octanol–water partition coefficient (Wildman–Crippen LogP) is 1.41. The average molecular weight is 126 g/mol. The number of hydrogen-bond acceptors (Lipinski definition) is 1. The van der Waals surface area contributed by atoms with Crippen molar-refractivity contribution in [1.82, 2.24) is 0 Å². The summed E-state index contributed by atoms with van der Waals surface area (Å²) in [6, 6.07) is 0. The van der Waals surface area contributed by atoms with Crippen LogP contribution in [-0.2, 0) is 0 Å². The highest BCUT2D eigenvalue weighted by molar-refractivity contribution is 4.98. The molecular formula is C8H14O. The van der Waals surface area contributed by atoms with Crippen molar-refractivity contribution in [2.45, 2.75) is 32.3 Å². The Bertz CT molecular complexity index is 110. The Morgan fingerprint density at radius 3 is 2.44 bits per heavy atom. The Balaban J connectivity index is 1.81. The largest absolute Gasteiger partial charge is 0.393 e. The molecule has 0 aromatic carbocycles. The average Bonchev–Trinajstić information content (AvgIpc) is 2.60. The summed E-state index contributed by atoms with van der Waals surface area (Å²) in [5.74, 6) is 2.62. The highest BCUT2D eigenvalue weighted by Crippen LogP contribution is 2.55. The van der Waals surface area contributed by atoms with Crippen LogP contribution in [0, 0.1) is 17.8 Å². The van der Waals surface area contributed by atoms with E-state index in [1.165, 1.54) is 19.3 Å². The first-order valence-electron chi connectivity index (χ1n) is 3.97. The van der Waals surface area contributed by atoms with Gasteiger partial charge in [-0.3, -0.25) is 0 Å². The van der Waals surface area contributed by atoms with Crippen LogP contribution >= 0.6 is 0 Å². The summed E-state index contributed by atoms with van der Waals surface area (Å²) in [5, 5.41) is 9.14. The first-order chi connectivity index (χ1) is 4.29. The van der Waals surface area contributed by atoms with Crippen molar-refractivity contribution in [2.24, 2.45) is 17.8 Å². The monoisotopic (exact) mass is 126 g/mol. The molecule has 0 bridgehead atoms. The molecule has 2 saturated carbocycles. The standard InChI is InChI=1S/C8H14O/c1-5(9)7-4-8(7)6-2-3-6/h5-9H,2-4H2,1H3. The summed E-state index contributed by atoms with van der Waals surface area (Å²) in [6.07, 6.45) is 4.15. The van der Waals surface area contributed by atoms with Crippen LogP contribution < -0.4 is 0 Å². The Morgan fingerprint density at radius 2 is 2.11 bits per heavy atom. The van der Waals surface area contributed by atoms with Gasteiger partial charge in [0.05, 0.1) is 6.10 Å². The zero-order chi connectivity index (χ0) is 6.43. The van der Waals surface area contributed by atoms with E-state index in [1.54, 1.807) is 0 Å². The van der Waals surface area contributed by atoms with Crippen molar-refractivity contribution in [3.05, 3.63) is 0 Å². The molecule has 0 heterocycles. The highest BCUT2D eigenvalue weighted by Gasteiger charge is 2.49. The number of aliphatic hydroxyl groups is 1. The molecule has 2 aliphatic carbocycles. The van der Waals surface area contributed by atoms with Crippen molar-refractivity contribution < 1.29 is 5.11 Å². The van der Waals surface area contributed by atoms with Gasteiger partial charge >= 0.3 is 0 Å². The third-order valence-electron chi connectivity index (χ3n) is 2.74. The van der Waals surface area contributed by atoms with Crippen LogP contribution in [-0.4, -0.2) is 11.2 Å². The molecule has 0 amide bonds. The van der Waals surface area contributed by atoms with Gasteiger partial charge in [-0.05, 0) is 43.9 Å². The van der Waals surface area contributed by atoms with Crippen molar-refractivity contribution in [3.63, 3.8) is 0 Å². The molecule has 0 aromatic heterocycles. The molecule has 3 unspecified atom stereocenters. The molecule has 1 N–H and O–H groups in total. The zero-order valence-electron chi connectivity index (χ0n) is 5.88. The molecule has 2 fully saturated rings. The Kier molecular flexibility index (Phi) is 1.10. The molecule has 0 saturated heterocycles. The fourth-order valence-electron chi connectivity index (χ4n) is 1.86. The van der Waals surface area contributed by atoms with E-state index in [-0.39, 0.29) is 6.10 Å². The molecule has 0 radical (unpaired) electrons. The minimum atomic E-state index is -0.0319. The van der Waals surface area contributed by atoms with Gasteiger partial charge in [0.2, 0.25) is 0 Å². The second kappa shape index (κ2) is 1.72. The summed E-state index contributed by atoms with van der Waals surface area (Å²) in [5.41, 5.74) is 0. The van der Waals surface area contributed by atoms with E-state index >= 15 is 0 Å². The molecule has 0 spiro atoms. The lowest BCUT2D eigenvalue weighted by atomic mass is 10.1. The fraction of sp³-hybridized carbons (Fsp3) is 1.00. The molecule has 52 valence electrons. The lowest BCUT2D eigenvalue weighted by Gasteiger charge is -1.99. The van der Waals surface area contributed by atoms with E-state index < -0.39 is 0 Å². The molecule has 3 atom stereocenters. The number of hydrogen-bond donors (Lipinski definition) is 1. The van der Waals surface area contributed by atoms with Gasteiger partial charge in [-0.15, -0.1) is 0 Å². The van der Waals surface area contributed by atoms with Crippen LogP contribution in [0.4, 0.5) is 0 Å². The van der Waals surface area contributed by atoms with E-state index in [0.29, 0.717) is 5.92 Å². The van der Waals surface area contributed by atoms with Crippen LogP contribution in [0.15, 0.2) is 0 Å². The number of rotatable bonds is 2. The van der Waals surface area contributed by atoms with E-state index in [0.717, 1.165) is 11.8 Å². The van der Waals surface area contributed by atoms with Crippen LogP contribution in [0.5, 0.6) is 0 Å². The van der Waals surface area contributed by atoms with Crippen molar-refractivity contribution in [1.29, 1.82) is 0 Å². The second-order valence-corrected chi connectivity index (χ2v) is 3.64. The van der Waals surface area contributed by atoms with E-state index in [4.69, 9.17) is 5.11 Å². The van der Waals surface area contributed by atoms with Gasteiger partial charge in [-0.2, -0.15) is 0 Å². The van der Waals surface area contributed by atoms with Gasteiger partial charge in [0.15, 0.2) is 0 Å². The summed E-state index contributed by atoms with van der Waals surface area (Å²) < 4.78 is 0.